The van der Waals surface area contributed by atoms with E-state index in [9.17, 15) is 18.0 Å². The van der Waals surface area contributed by atoms with Crippen LogP contribution in [0.2, 0.25) is 0 Å². The minimum atomic E-state index is -3.93. The summed E-state index contributed by atoms with van der Waals surface area (Å²) >= 11 is 3.33. The van der Waals surface area contributed by atoms with Crippen LogP contribution in [-0.4, -0.2) is 43.2 Å². The molecule has 170 valence electrons. The van der Waals surface area contributed by atoms with Gasteiger partial charge in [-0.05, 0) is 74.1 Å². The van der Waals surface area contributed by atoms with Gasteiger partial charge in [0.05, 0.1) is 4.90 Å². The van der Waals surface area contributed by atoms with Crippen LogP contribution >= 0.6 is 15.9 Å². The molecule has 0 spiro atoms. The van der Waals surface area contributed by atoms with E-state index in [0.29, 0.717) is 24.1 Å². The van der Waals surface area contributed by atoms with Gasteiger partial charge in [-0.25, -0.2) is 8.42 Å². The number of hydrogen-bond acceptors (Lipinski definition) is 4. The van der Waals surface area contributed by atoms with Gasteiger partial charge in [-0.1, -0.05) is 28.1 Å². The van der Waals surface area contributed by atoms with Gasteiger partial charge in [-0.3, -0.25) is 9.59 Å². The maximum absolute atomic E-state index is 13.6. The van der Waals surface area contributed by atoms with Crippen molar-refractivity contribution in [3.05, 3.63) is 64.1 Å². The predicted molar refractivity (Wildman–Crippen MR) is 124 cm³/mol. The lowest BCUT2D eigenvalue weighted by Crippen LogP contribution is -2.48. The van der Waals surface area contributed by atoms with Gasteiger partial charge in [0.2, 0.25) is 15.9 Å². The SMILES string of the molecule is O=C(NC1CC1)c1ccc(CN([C@@H]2CCCCNC2=O)S(=O)(=O)c2ccc(Br)cc2)cc1. The summed E-state index contributed by atoms with van der Waals surface area (Å²) < 4.78 is 29.2. The molecule has 2 aliphatic rings. The van der Waals surface area contributed by atoms with Crippen molar-refractivity contribution in [3.63, 3.8) is 0 Å². The Hall–Kier alpha value is -2.23. The molecule has 0 bridgehead atoms. The van der Waals surface area contributed by atoms with Gasteiger partial charge in [0.15, 0.2) is 0 Å². The van der Waals surface area contributed by atoms with E-state index in [0.717, 1.165) is 30.2 Å². The molecule has 1 saturated carbocycles. The molecular weight excluding hydrogens is 494 g/mol. The monoisotopic (exact) mass is 519 g/mol. The van der Waals surface area contributed by atoms with E-state index < -0.39 is 16.1 Å². The molecule has 1 atom stereocenters. The second-order valence-electron chi connectivity index (χ2n) is 8.25. The van der Waals surface area contributed by atoms with Crippen LogP contribution in [0, 0.1) is 0 Å². The third kappa shape index (κ3) is 5.39. The van der Waals surface area contributed by atoms with Crippen molar-refractivity contribution < 1.29 is 18.0 Å². The summed E-state index contributed by atoms with van der Waals surface area (Å²) in [6.07, 6.45) is 4.06. The molecule has 2 aromatic carbocycles. The topological polar surface area (TPSA) is 95.6 Å². The molecular formula is C23H26BrN3O4S. The van der Waals surface area contributed by atoms with Crippen LogP contribution in [-0.2, 0) is 21.4 Å². The summed E-state index contributed by atoms with van der Waals surface area (Å²) in [5, 5.41) is 5.78. The molecule has 4 rings (SSSR count). The largest absolute Gasteiger partial charge is 0.355 e. The summed E-state index contributed by atoms with van der Waals surface area (Å²) in [7, 11) is -3.93. The van der Waals surface area contributed by atoms with E-state index in [1.54, 1.807) is 36.4 Å². The summed E-state index contributed by atoms with van der Waals surface area (Å²) in [6.45, 7) is 0.591. The molecule has 2 amide bonds. The van der Waals surface area contributed by atoms with E-state index in [4.69, 9.17) is 0 Å². The molecule has 1 aliphatic carbocycles. The first-order valence-electron chi connectivity index (χ1n) is 10.8. The first-order chi connectivity index (χ1) is 15.3. The number of carbonyl (C=O) groups is 2. The average Bonchev–Trinajstić information content (AvgIpc) is 3.61. The Bertz CT molecular complexity index is 1080. The standard InChI is InChI=1S/C23H26BrN3O4S/c24-18-8-12-20(13-9-18)32(30,31)27(21-3-1-2-14-25-23(21)29)15-16-4-6-17(7-5-16)22(28)26-19-10-11-19/h4-9,12-13,19,21H,1-3,10-11,14-15H2,(H,25,29)(H,26,28)/t21-/m1/s1. The van der Waals surface area contributed by atoms with Gasteiger partial charge in [-0.2, -0.15) is 4.31 Å². The maximum atomic E-state index is 13.6. The third-order valence-electron chi connectivity index (χ3n) is 5.74. The Morgan fingerprint density at radius 2 is 1.72 bits per heavy atom. The van der Waals surface area contributed by atoms with E-state index in [-0.39, 0.29) is 29.3 Å². The van der Waals surface area contributed by atoms with Gasteiger partial charge < -0.3 is 10.6 Å². The molecule has 0 radical (unpaired) electrons. The Balaban J connectivity index is 1.62. The fourth-order valence-electron chi connectivity index (χ4n) is 3.74. The molecule has 2 fully saturated rings. The van der Waals surface area contributed by atoms with Gasteiger partial charge >= 0.3 is 0 Å². The summed E-state index contributed by atoms with van der Waals surface area (Å²) in [6, 6.07) is 12.8. The number of nitrogens with one attached hydrogen (secondary N) is 2. The molecule has 7 nitrogen and oxygen atoms in total. The highest BCUT2D eigenvalue weighted by Gasteiger charge is 2.36. The summed E-state index contributed by atoms with van der Waals surface area (Å²) in [4.78, 5) is 25.1. The van der Waals surface area contributed by atoms with Crippen molar-refractivity contribution in [2.45, 2.75) is 55.6 Å². The zero-order valence-corrected chi connectivity index (χ0v) is 20.0. The lowest BCUT2D eigenvalue weighted by atomic mass is 10.1. The Morgan fingerprint density at radius 1 is 1.03 bits per heavy atom. The van der Waals surface area contributed by atoms with Crippen molar-refractivity contribution >= 4 is 37.8 Å². The number of benzene rings is 2. The van der Waals surface area contributed by atoms with Gasteiger partial charge in [0, 0.05) is 29.2 Å². The van der Waals surface area contributed by atoms with Crippen molar-refractivity contribution in [3.8, 4) is 0 Å². The van der Waals surface area contributed by atoms with Gasteiger partial charge in [0.25, 0.3) is 5.91 Å². The number of amides is 2. The van der Waals surface area contributed by atoms with Crippen LogP contribution in [0.3, 0.4) is 0 Å². The third-order valence-corrected chi connectivity index (χ3v) is 8.14. The van der Waals surface area contributed by atoms with Crippen LogP contribution < -0.4 is 10.6 Å². The second-order valence-corrected chi connectivity index (χ2v) is 11.1. The molecule has 0 unspecified atom stereocenters. The number of rotatable bonds is 7. The second kappa shape index (κ2) is 9.72. The fraction of sp³-hybridized carbons (Fsp3) is 0.391. The number of halogens is 1. The number of nitrogens with zero attached hydrogens (tertiary/aromatic N) is 1. The summed E-state index contributed by atoms with van der Waals surface area (Å²) in [5.74, 6) is -0.398. The highest BCUT2D eigenvalue weighted by Crippen LogP contribution is 2.26. The number of sulfonamides is 1. The Kier molecular flexibility index (Phi) is 6.97. The first kappa shape index (κ1) is 22.9. The molecule has 32 heavy (non-hydrogen) atoms. The van der Waals surface area contributed by atoms with Crippen LogP contribution in [0.25, 0.3) is 0 Å². The van der Waals surface area contributed by atoms with E-state index in [1.165, 1.54) is 16.4 Å². The predicted octanol–water partition coefficient (Wildman–Crippen LogP) is 3.20. The van der Waals surface area contributed by atoms with E-state index in [2.05, 4.69) is 26.6 Å². The molecule has 1 heterocycles. The van der Waals surface area contributed by atoms with E-state index in [1.807, 2.05) is 0 Å². The molecule has 2 N–H and O–H groups in total. The van der Waals surface area contributed by atoms with Crippen molar-refractivity contribution in [1.82, 2.24) is 14.9 Å². The highest BCUT2D eigenvalue weighted by atomic mass is 79.9. The van der Waals surface area contributed by atoms with Crippen LogP contribution in [0.5, 0.6) is 0 Å². The lowest BCUT2D eigenvalue weighted by molar-refractivity contribution is -0.124. The normalized spacial score (nSPS) is 19.3. The van der Waals surface area contributed by atoms with Crippen molar-refractivity contribution in [1.29, 1.82) is 0 Å². The van der Waals surface area contributed by atoms with Crippen LogP contribution in [0.15, 0.2) is 57.9 Å². The minimum Gasteiger partial charge on any atom is -0.355 e. The Labute approximate surface area is 196 Å². The zero-order chi connectivity index (χ0) is 22.7. The maximum Gasteiger partial charge on any atom is 0.251 e. The molecule has 9 heteroatoms. The highest BCUT2D eigenvalue weighted by molar-refractivity contribution is 9.10. The molecule has 0 aromatic heterocycles. The first-order valence-corrected chi connectivity index (χ1v) is 13.0. The fourth-order valence-corrected chi connectivity index (χ4v) is 5.61. The smallest absolute Gasteiger partial charge is 0.251 e. The lowest BCUT2D eigenvalue weighted by Gasteiger charge is -2.29. The molecule has 1 aliphatic heterocycles. The number of carbonyl (C=O) groups excluding carboxylic acids is 2. The van der Waals surface area contributed by atoms with Gasteiger partial charge in [0.1, 0.15) is 6.04 Å². The van der Waals surface area contributed by atoms with Crippen molar-refractivity contribution in [2.75, 3.05) is 6.54 Å². The number of hydrogen-bond donors (Lipinski definition) is 2. The quantitative estimate of drug-likeness (QED) is 0.586. The summed E-state index contributed by atoms with van der Waals surface area (Å²) in [5.41, 5.74) is 1.25. The minimum absolute atomic E-state index is 0.0427. The van der Waals surface area contributed by atoms with Crippen molar-refractivity contribution in [2.24, 2.45) is 0 Å². The molecule has 1 saturated heterocycles. The van der Waals surface area contributed by atoms with Gasteiger partial charge in [-0.15, -0.1) is 0 Å². The molecule has 2 aromatic rings. The Morgan fingerprint density at radius 3 is 2.38 bits per heavy atom. The average molecular weight is 520 g/mol. The zero-order valence-electron chi connectivity index (χ0n) is 17.6. The van der Waals surface area contributed by atoms with E-state index >= 15 is 0 Å². The van der Waals surface area contributed by atoms with Crippen LogP contribution in [0.1, 0.15) is 48.0 Å². The van der Waals surface area contributed by atoms with Crippen LogP contribution in [0.4, 0.5) is 0 Å².